The molecular formula is C26H23ClN4O. The van der Waals surface area contributed by atoms with Crippen LogP contribution in [0.5, 0.6) is 0 Å². The summed E-state index contributed by atoms with van der Waals surface area (Å²) in [5.74, 6) is 0.553. The second-order valence-electron chi connectivity index (χ2n) is 7.65. The molecule has 1 aromatic heterocycles. The Morgan fingerprint density at radius 2 is 1.53 bits per heavy atom. The number of nitrogens with zero attached hydrogens (tertiary/aromatic N) is 2. The standard InChI is InChI=1S/C26H23ClN4O/c1-16-13-17(2)23(18(3)14-16)31-26(32)29-22-15-28-25(19-9-5-4-6-10-19)30-24(22)20-11-7-8-12-21(20)27/h4-15H,1-3H3,(H2,29,31,32). The summed E-state index contributed by atoms with van der Waals surface area (Å²) in [6, 6.07) is 20.8. The van der Waals surface area contributed by atoms with E-state index in [1.54, 1.807) is 12.3 Å². The van der Waals surface area contributed by atoms with Gasteiger partial charge in [-0.2, -0.15) is 0 Å². The number of nitrogens with one attached hydrogen (secondary N) is 2. The molecule has 0 aliphatic rings. The van der Waals surface area contributed by atoms with Gasteiger partial charge in [-0.25, -0.2) is 14.8 Å². The van der Waals surface area contributed by atoms with Crippen LogP contribution in [0.3, 0.4) is 0 Å². The summed E-state index contributed by atoms with van der Waals surface area (Å²) in [4.78, 5) is 22.1. The van der Waals surface area contributed by atoms with E-state index in [9.17, 15) is 4.79 Å². The Balaban J connectivity index is 1.70. The van der Waals surface area contributed by atoms with Crippen LogP contribution < -0.4 is 10.6 Å². The van der Waals surface area contributed by atoms with Crippen molar-refractivity contribution in [2.24, 2.45) is 0 Å². The molecule has 0 saturated heterocycles. The maximum absolute atomic E-state index is 12.9. The second kappa shape index (κ2) is 9.20. The van der Waals surface area contributed by atoms with E-state index in [-0.39, 0.29) is 6.03 Å². The molecule has 32 heavy (non-hydrogen) atoms. The molecule has 0 aliphatic carbocycles. The predicted octanol–water partition coefficient (Wildman–Crippen LogP) is 7.03. The first-order valence-electron chi connectivity index (χ1n) is 10.3. The summed E-state index contributed by atoms with van der Waals surface area (Å²) in [6.45, 7) is 5.98. The fourth-order valence-electron chi connectivity index (χ4n) is 3.70. The van der Waals surface area contributed by atoms with Gasteiger partial charge in [-0.15, -0.1) is 0 Å². The SMILES string of the molecule is Cc1cc(C)c(NC(=O)Nc2cnc(-c3ccccc3)nc2-c2ccccc2Cl)c(C)c1. The quantitative estimate of drug-likeness (QED) is 0.356. The molecule has 2 N–H and O–H groups in total. The van der Waals surface area contributed by atoms with Gasteiger partial charge in [0.05, 0.1) is 22.6 Å². The van der Waals surface area contributed by atoms with Gasteiger partial charge in [-0.1, -0.05) is 77.8 Å². The average molecular weight is 443 g/mol. The van der Waals surface area contributed by atoms with E-state index < -0.39 is 0 Å². The molecule has 0 atom stereocenters. The van der Waals surface area contributed by atoms with E-state index in [2.05, 4.69) is 15.6 Å². The second-order valence-corrected chi connectivity index (χ2v) is 8.06. The van der Waals surface area contributed by atoms with Crippen molar-refractivity contribution in [2.45, 2.75) is 20.8 Å². The molecule has 5 nitrogen and oxygen atoms in total. The zero-order valence-electron chi connectivity index (χ0n) is 18.1. The van der Waals surface area contributed by atoms with Crippen LogP contribution in [0.4, 0.5) is 16.2 Å². The molecule has 0 fully saturated rings. The van der Waals surface area contributed by atoms with Crippen molar-refractivity contribution >= 4 is 29.0 Å². The molecule has 6 heteroatoms. The van der Waals surface area contributed by atoms with E-state index in [0.717, 1.165) is 27.9 Å². The van der Waals surface area contributed by atoms with Crippen molar-refractivity contribution in [2.75, 3.05) is 10.6 Å². The zero-order valence-corrected chi connectivity index (χ0v) is 18.9. The van der Waals surface area contributed by atoms with E-state index in [0.29, 0.717) is 27.8 Å². The number of hydrogen-bond donors (Lipinski definition) is 2. The molecule has 4 aromatic rings. The lowest BCUT2D eigenvalue weighted by molar-refractivity contribution is 0.262. The maximum atomic E-state index is 12.9. The van der Waals surface area contributed by atoms with E-state index in [1.807, 2.05) is 81.4 Å². The number of carbonyl (C=O) groups excluding carboxylic acids is 1. The van der Waals surface area contributed by atoms with Gasteiger partial charge < -0.3 is 10.6 Å². The summed E-state index contributed by atoms with van der Waals surface area (Å²) in [6.07, 6.45) is 1.61. The van der Waals surface area contributed by atoms with Gasteiger partial charge in [-0.3, -0.25) is 0 Å². The Morgan fingerprint density at radius 1 is 0.875 bits per heavy atom. The third-order valence-corrected chi connectivity index (χ3v) is 5.44. The number of rotatable bonds is 4. The summed E-state index contributed by atoms with van der Waals surface area (Å²) in [5, 5.41) is 6.39. The molecule has 1 heterocycles. The summed E-state index contributed by atoms with van der Waals surface area (Å²) >= 11 is 6.46. The first-order chi connectivity index (χ1) is 15.4. The first kappa shape index (κ1) is 21.5. The number of urea groups is 1. The van der Waals surface area contributed by atoms with Gasteiger partial charge in [0.2, 0.25) is 0 Å². The minimum absolute atomic E-state index is 0.371. The maximum Gasteiger partial charge on any atom is 0.323 e. The number of carbonyl (C=O) groups is 1. The van der Waals surface area contributed by atoms with Gasteiger partial charge >= 0.3 is 6.03 Å². The van der Waals surface area contributed by atoms with Crippen LogP contribution >= 0.6 is 11.6 Å². The summed E-state index contributed by atoms with van der Waals surface area (Å²) < 4.78 is 0. The van der Waals surface area contributed by atoms with E-state index in [1.165, 1.54) is 0 Å². The highest BCUT2D eigenvalue weighted by Gasteiger charge is 2.16. The van der Waals surface area contributed by atoms with Crippen molar-refractivity contribution in [3.8, 4) is 22.6 Å². The number of hydrogen-bond acceptors (Lipinski definition) is 3. The van der Waals surface area contributed by atoms with Crippen molar-refractivity contribution in [1.29, 1.82) is 0 Å². The Morgan fingerprint density at radius 3 is 2.22 bits per heavy atom. The number of halogens is 1. The zero-order chi connectivity index (χ0) is 22.7. The molecule has 0 radical (unpaired) electrons. The number of aromatic nitrogens is 2. The molecule has 2 amide bonds. The normalized spacial score (nSPS) is 10.6. The Hall–Kier alpha value is -3.70. The van der Waals surface area contributed by atoms with Crippen molar-refractivity contribution in [3.63, 3.8) is 0 Å². The van der Waals surface area contributed by atoms with Crippen LogP contribution in [-0.4, -0.2) is 16.0 Å². The van der Waals surface area contributed by atoms with Crippen LogP contribution in [0.25, 0.3) is 22.6 Å². The fourth-order valence-corrected chi connectivity index (χ4v) is 3.93. The third-order valence-electron chi connectivity index (χ3n) is 5.11. The largest absolute Gasteiger partial charge is 0.323 e. The van der Waals surface area contributed by atoms with Gasteiger partial charge in [-0.05, 0) is 38.0 Å². The van der Waals surface area contributed by atoms with Crippen LogP contribution in [0, 0.1) is 20.8 Å². The molecule has 0 spiro atoms. The van der Waals surface area contributed by atoms with Crippen molar-refractivity contribution in [3.05, 3.63) is 94.6 Å². The first-order valence-corrected chi connectivity index (χ1v) is 10.6. The van der Waals surface area contributed by atoms with Crippen LogP contribution in [0.15, 0.2) is 72.9 Å². The molecule has 160 valence electrons. The number of anilines is 2. The lowest BCUT2D eigenvalue weighted by Gasteiger charge is -2.16. The lowest BCUT2D eigenvalue weighted by Crippen LogP contribution is -2.21. The van der Waals surface area contributed by atoms with E-state index >= 15 is 0 Å². The highest BCUT2D eigenvalue weighted by molar-refractivity contribution is 6.33. The lowest BCUT2D eigenvalue weighted by atomic mass is 10.1. The van der Waals surface area contributed by atoms with Crippen LogP contribution in [0.1, 0.15) is 16.7 Å². The highest BCUT2D eigenvalue weighted by atomic mass is 35.5. The number of aryl methyl sites for hydroxylation is 3. The molecular weight excluding hydrogens is 420 g/mol. The molecule has 0 saturated carbocycles. The Bertz CT molecular complexity index is 1270. The predicted molar refractivity (Wildman–Crippen MR) is 131 cm³/mol. The molecule has 0 unspecified atom stereocenters. The number of amides is 2. The van der Waals surface area contributed by atoms with Crippen LogP contribution in [-0.2, 0) is 0 Å². The van der Waals surface area contributed by atoms with E-state index in [4.69, 9.17) is 16.6 Å². The minimum Gasteiger partial charge on any atom is -0.307 e. The van der Waals surface area contributed by atoms with Gasteiger partial charge in [0.25, 0.3) is 0 Å². The smallest absolute Gasteiger partial charge is 0.307 e. The van der Waals surface area contributed by atoms with Crippen LogP contribution in [0.2, 0.25) is 5.02 Å². The Kier molecular flexibility index (Phi) is 6.19. The topological polar surface area (TPSA) is 66.9 Å². The van der Waals surface area contributed by atoms with Gasteiger partial charge in [0.15, 0.2) is 5.82 Å². The monoisotopic (exact) mass is 442 g/mol. The molecule has 0 aliphatic heterocycles. The van der Waals surface area contributed by atoms with Crippen molar-refractivity contribution < 1.29 is 4.79 Å². The minimum atomic E-state index is -0.371. The summed E-state index contributed by atoms with van der Waals surface area (Å²) in [5.41, 5.74) is 6.55. The fraction of sp³-hybridized carbons (Fsp3) is 0.115. The molecule has 3 aromatic carbocycles. The molecule has 0 bridgehead atoms. The van der Waals surface area contributed by atoms with Gasteiger partial charge in [0.1, 0.15) is 0 Å². The average Bonchev–Trinajstić information content (AvgIpc) is 2.77. The number of benzene rings is 3. The molecule has 4 rings (SSSR count). The highest BCUT2D eigenvalue weighted by Crippen LogP contribution is 2.33. The third kappa shape index (κ3) is 4.63. The van der Waals surface area contributed by atoms with Gasteiger partial charge in [0, 0.05) is 16.8 Å². The van der Waals surface area contributed by atoms with Crippen molar-refractivity contribution in [1.82, 2.24) is 9.97 Å². The Labute approximate surface area is 192 Å². The summed E-state index contributed by atoms with van der Waals surface area (Å²) in [7, 11) is 0.